The molecule has 2 aromatic carbocycles. The number of nitrogens with one attached hydrogen (secondary N) is 2. The highest BCUT2D eigenvalue weighted by atomic mass is 16.8. The molecule has 2 heterocycles. The molecule has 0 amide bonds. The van der Waals surface area contributed by atoms with Crippen molar-refractivity contribution in [2.45, 2.75) is 12.2 Å². The lowest BCUT2D eigenvalue weighted by atomic mass is 10.1. The minimum atomic E-state index is -1.63. The highest BCUT2D eigenvalue weighted by Gasteiger charge is 2.37. The number of rotatable bonds is 13. The first-order chi connectivity index (χ1) is 26.0. The summed E-state index contributed by atoms with van der Waals surface area (Å²) in [7, 11) is 4.26. The summed E-state index contributed by atoms with van der Waals surface area (Å²) in [5.41, 5.74) is 0.492. The fourth-order valence-corrected chi connectivity index (χ4v) is 3.85. The molecule has 0 spiro atoms. The van der Waals surface area contributed by atoms with Crippen LogP contribution in [0.3, 0.4) is 0 Å². The molecule has 282 valence electrons. The maximum Gasteiger partial charge on any atom is 0.513 e. The SMILES string of the molecule is COC(=O)Oc1ccc(/C=C/C(=O)O[C@@H](c2nn[nH]n2)[C@@H](OC(=O)/C=C/c2ccc(OC(=O)OC)c(OC(=O)OC)c2)c2nn[nH]n2)cc1OC(=O)OC. The van der Waals surface area contributed by atoms with Gasteiger partial charge in [0.05, 0.1) is 28.4 Å². The summed E-state index contributed by atoms with van der Waals surface area (Å²) < 4.78 is 48.9. The van der Waals surface area contributed by atoms with Crippen LogP contribution in [-0.4, -0.2) is 106 Å². The zero-order valence-corrected chi connectivity index (χ0v) is 28.1. The molecular weight excluding hydrogens is 728 g/mol. The summed E-state index contributed by atoms with van der Waals surface area (Å²) in [5, 5.41) is 26.6. The van der Waals surface area contributed by atoms with E-state index in [0.29, 0.717) is 0 Å². The minimum absolute atomic E-state index is 0.206. The fraction of sp³-hybridized carbons (Fsp3) is 0.200. The molecule has 2 aromatic heterocycles. The summed E-state index contributed by atoms with van der Waals surface area (Å²) in [6.45, 7) is 0. The summed E-state index contributed by atoms with van der Waals surface area (Å²) >= 11 is 0. The predicted octanol–water partition coefficient (Wildman–Crippen LogP) is 2.59. The molecule has 0 fully saturated rings. The lowest BCUT2D eigenvalue weighted by Crippen LogP contribution is -2.24. The van der Waals surface area contributed by atoms with Crippen LogP contribution in [0.25, 0.3) is 12.2 Å². The van der Waals surface area contributed by atoms with Crippen LogP contribution in [0, 0.1) is 0 Å². The second-order valence-corrected chi connectivity index (χ2v) is 9.56. The smallest absolute Gasteiger partial charge is 0.446 e. The number of nitrogens with zero attached hydrogens (tertiary/aromatic N) is 6. The second kappa shape index (κ2) is 18.9. The van der Waals surface area contributed by atoms with E-state index in [1.54, 1.807) is 0 Å². The quantitative estimate of drug-likeness (QED) is 0.0857. The van der Waals surface area contributed by atoms with Gasteiger partial charge >= 0.3 is 36.6 Å². The molecular formula is C30H26N8O16. The van der Waals surface area contributed by atoms with Crippen LogP contribution in [0.5, 0.6) is 23.0 Å². The Balaban J connectivity index is 1.56. The average molecular weight is 755 g/mol. The molecule has 0 radical (unpaired) electrons. The van der Waals surface area contributed by atoms with Crippen LogP contribution < -0.4 is 18.9 Å². The Hall–Kier alpha value is -7.92. The number of carbonyl (C=O) groups is 6. The van der Waals surface area contributed by atoms with Gasteiger partial charge in [-0.15, -0.1) is 20.4 Å². The number of aromatic amines is 2. The second-order valence-electron chi connectivity index (χ2n) is 9.56. The first-order valence-electron chi connectivity index (χ1n) is 14.6. The molecule has 0 aliphatic heterocycles. The number of ether oxygens (including phenoxy) is 10. The van der Waals surface area contributed by atoms with Crippen molar-refractivity contribution in [3.8, 4) is 23.0 Å². The van der Waals surface area contributed by atoms with E-state index >= 15 is 0 Å². The summed E-state index contributed by atoms with van der Waals surface area (Å²) in [4.78, 5) is 72.9. The fourth-order valence-electron chi connectivity index (χ4n) is 3.85. The standard InChI is InChI=1S/C30H26N8O16/c1-45-27(41)49-17-9-5-15(13-19(17)51-29(43)47-3)7-11-21(39)53-23(25-31-35-36-32-25)24(26-33-37-38-34-26)54-22(40)12-8-16-6-10-18(50-28(42)46-2)20(14-16)52-30(44)48-4/h5-14,23-24H,1-4H3,(H,31,32,35,36)(H,33,34,37,38)/b11-7+,12-8+/t23-,24-/m1/s1. The Morgan fingerprint density at radius 2 is 0.889 bits per heavy atom. The van der Waals surface area contributed by atoms with E-state index in [4.69, 9.17) is 28.4 Å². The number of methoxy groups -OCH3 is 4. The van der Waals surface area contributed by atoms with Gasteiger partial charge in [0, 0.05) is 12.2 Å². The van der Waals surface area contributed by atoms with Crippen LogP contribution in [0.2, 0.25) is 0 Å². The van der Waals surface area contributed by atoms with Gasteiger partial charge in [0.1, 0.15) is 0 Å². The third kappa shape index (κ3) is 11.0. The van der Waals surface area contributed by atoms with Crippen molar-refractivity contribution in [2.75, 3.05) is 28.4 Å². The third-order valence-corrected chi connectivity index (χ3v) is 6.19. The van der Waals surface area contributed by atoms with E-state index in [9.17, 15) is 28.8 Å². The van der Waals surface area contributed by atoms with Gasteiger partial charge in [0.2, 0.25) is 23.9 Å². The summed E-state index contributed by atoms with van der Waals surface area (Å²) in [6.07, 6.45) is -3.35. The van der Waals surface area contributed by atoms with E-state index in [-0.39, 0.29) is 45.8 Å². The van der Waals surface area contributed by atoms with Crippen molar-refractivity contribution in [3.05, 3.63) is 71.3 Å². The molecule has 0 saturated heterocycles. The Labute approximate surface area is 301 Å². The first kappa shape index (κ1) is 38.9. The van der Waals surface area contributed by atoms with Crippen molar-refractivity contribution in [2.24, 2.45) is 0 Å². The molecule has 24 nitrogen and oxygen atoms in total. The summed E-state index contributed by atoms with van der Waals surface area (Å²) in [6, 6.07) is 7.75. The Bertz CT molecular complexity index is 1870. The summed E-state index contributed by atoms with van der Waals surface area (Å²) in [5.74, 6) is -3.56. The number of hydrogen-bond donors (Lipinski definition) is 2. The van der Waals surface area contributed by atoms with Gasteiger partial charge in [-0.2, -0.15) is 10.4 Å². The van der Waals surface area contributed by atoms with Gasteiger partial charge in [0.15, 0.2) is 23.0 Å². The maximum atomic E-state index is 13.1. The molecule has 0 aliphatic rings. The van der Waals surface area contributed by atoms with E-state index in [1.165, 1.54) is 48.6 Å². The Morgan fingerprint density at radius 3 is 1.20 bits per heavy atom. The van der Waals surface area contributed by atoms with E-state index in [2.05, 4.69) is 60.2 Å². The molecule has 4 rings (SSSR count). The van der Waals surface area contributed by atoms with Crippen LogP contribution in [0.1, 0.15) is 35.0 Å². The average Bonchev–Trinajstić information content (AvgIpc) is 3.92. The predicted molar refractivity (Wildman–Crippen MR) is 169 cm³/mol. The number of benzene rings is 2. The molecule has 2 N–H and O–H groups in total. The largest absolute Gasteiger partial charge is 0.513 e. The van der Waals surface area contributed by atoms with Gasteiger partial charge in [0.25, 0.3) is 0 Å². The number of esters is 2. The van der Waals surface area contributed by atoms with Crippen LogP contribution in [0.15, 0.2) is 48.6 Å². The van der Waals surface area contributed by atoms with Crippen LogP contribution in [0.4, 0.5) is 19.2 Å². The molecule has 2 atom stereocenters. The number of aromatic nitrogens is 8. The van der Waals surface area contributed by atoms with Gasteiger partial charge in [-0.1, -0.05) is 22.6 Å². The number of tetrazole rings is 2. The van der Waals surface area contributed by atoms with Gasteiger partial charge < -0.3 is 47.4 Å². The van der Waals surface area contributed by atoms with Crippen molar-refractivity contribution in [3.63, 3.8) is 0 Å². The van der Waals surface area contributed by atoms with Gasteiger partial charge in [-0.3, -0.25) is 0 Å². The van der Waals surface area contributed by atoms with Crippen molar-refractivity contribution in [1.29, 1.82) is 0 Å². The molecule has 0 unspecified atom stereocenters. The van der Waals surface area contributed by atoms with Gasteiger partial charge in [-0.05, 0) is 47.5 Å². The Kier molecular flexibility index (Phi) is 13.6. The van der Waals surface area contributed by atoms with Gasteiger partial charge in [-0.25, -0.2) is 28.8 Å². The number of H-pyrrole nitrogens is 2. The monoisotopic (exact) mass is 754 g/mol. The lowest BCUT2D eigenvalue weighted by molar-refractivity contribution is -0.164. The van der Waals surface area contributed by atoms with Crippen LogP contribution >= 0.6 is 0 Å². The Morgan fingerprint density at radius 1 is 0.537 bits per heavy atom. The number of hydrogen-bond acceptors (Lipinski definition) is 22. The molecule has 54 heavy (non-hydrogen) atoms. The minimum Gasteiger partial charge on any atom is -0.446 e. The van der Waals surface area contributed by atoms with Crippen molar-refractivity contribution in [1.82, 2.24) is 41.2 Å². The lowest BCUT2D eigenvalue weighted by Gasteiger charge is -2.21. The van der Waals surface area contributed by atoms with Crippen molar-refractivity contribution < 1.29 is 76.1 Å². The zero-order valence-electron chi connectivity index (χ0n) is 28.1. The maximum absolute atomic E-state index is 13.1. The topological polar surface area (TPSA) is 304 Å². The van der Waals surface area contributed by atoms with E-state index in [0.717, 1.165) is 40.6 Å². The number of carbonyl (C=O) groups excluding carboxylic acids is 6. The molecule has 0 bridgehead atoms. The van der Waals surface area contributed by atoms with E-state index in [1.807, 2.05) is 0 Å². The first-order valence-corrected chi connectivity index (χ1v) is 14.6. The molecule has 4 aromatic rings. The third-order valence-electron chi connectivity index (χ3n) is 6.19. The zero-order chi connectivity index (χ0) is 39.0. The molecule has 0 aliphatic carbocycles. The highest BCUT2D eigenvalue weighted by molar-refractivity contribution is 5.88. The van der Waals surface area contributed by atoms with E-state index < -0.39 is 48.8 Å². The van der Waals surface area contributed by atoms with Crippen LogP contribution in [-0.2, 0) is 38.0 Å². The molecule has 24 heteroatoms. The van der Waals surface area contributed by atoms with Crippen molar-refractivity contribution >= 4 is 48.7 Å². The highest BCUT2D eigenvalue weighted by Crippen LogP contribution is 2.33. The molecule has 0 saturated carbocycles. The normalized spacial score (nSPS) is 11.9.